The summed E-state index contributed by atoms with van der Waals surface area (Å²) >= 11 is 0. The lowest BCUT2D eigenvalue weighted by molar-refractivity contribution is -0.0311. The fraction of sp³-hybridized carbons (Fsp3) is 0.593. The lowest BCUT2D eigenvalue weighted by atomic mass is 9.94. The summed E-state index contributed by atoms with van der Waals surface area (Å²) in [5, 5.41) is 8.60. The summed E-state index contributed by atoms with van der Waals surface area (Å²) in [4.78, 5) is 7.32. The first-order valence-corrected chi connectivity index (χ1v) is 12.8. The molecule has 7 heteroatoms. The number of ether oxygens (including phenoxy) is 2. The smallest absolute Gasteiger partial charge is 0.165 e. The molecule has 3 aliphatic rings. The Morgan fingerprint density at radius 1 is 1.09 bits per heavy atom. The van der Waals surface area contributed by atoms with Crippen LogP contribution in [-0.4, -0.2) is 57.8 Å². The largest absolute Gasteiger partial charge is 0.381 e. The van der Waals surface area contributed by atoms with E-state index in [9.17, 15) is 0 Å². The van der Waals surface area contributed by atoms with E-state index in [0.29, 0.717) is 0 Å². The molecule has 3 aliphatic heterocycles. The second kappa shape index (κ2) is 10.0. The monoisotopic (exact) mass is 463 g/mol. The Kier molecular flexibility index (Phi) is 6.84. The molecule has 2 aromatic rings. The molecule has 5 rings (SSSR count). The zero-order chi connectivity index (χ0) is 23.5. The SMILES string of the molecule is Cc1cc(-c2nncn2C2CCCCO2)ccc1C1=CN(CCC2CCOCC2)C(C)(C)C=N1. The molecular weight excluding hydrogens is 426 g/mol. The van der Waals surface area contributed by atoms with Crippen LogP contribution in [0.25, 0.3) is 17.1 Å². The van der Waals surface area contributed by atoms with Crippen LogP contribution in [0.15, 0.2) is 35.7 Å². The van der Waals surface area contributed by atoms with Gasteiger partial charge in [0.05, 0.1) is 11.2 Å². The summed E-state index contributed by atoms with van der Waals surface area (Å²) in [6, 6.07) is 6.50. The third-order valence-electron chi connectivity index (χ3n) is 7.46. The molecular formula is C27H37N5O2. The Bertz CT molecular complexity index is 1050. The summed E-state index contributed by atoms with van der Waals surface area (Å²) in [7, 11) is 0. The molecule has 2 saturated heterocycles. The average Bonchev–Trinajstić information content (AvgIpc) is 3.35. The Labute approximate surface area is 202 Å². The van der Waals surface area contributed by atoms with Gasteiger partial charge >= 0.3 is 0 Å². The molecule has 1 aromatic carbocycles. The van der Waals surface area contributed by atoms with E-state index < -0.39 is 0 Å². The van der Waals surface area contributed by atoms with E-state index in [2.05, 4.69) is 71.0 Å². The third kappa shape index (κ3) is 4.96. The molecule has 1 unspecified atom stereocenters. The summed E-state index contributed by atoms with van der Waals surface area (Å²) in [6.45, 7) is 10.3. The van der Waals surface area contributed by atoms with Gasteiger partial charge < -0.3 is 14.4 Å². The number of rotatable bonds is 6. The number of nitrogens with zero attached hydrogens (tertiary/aromatic N) is 5. The van der Waals surface area contributed by atoms with Crippen molar-refractivity contribution in [3.8, 4) is 11.4 Å². The van der Waals surface area contributed by atoms with Gasteiger partial charge in [-0.2, -0.15) is 0 Å². The van der Waals surface area contributed by atoms with Gasteiger partial charge in [0.25, 0.3) is 0 Å². The Morgan fingerprint density at radius 2 is 1.94 bits per heavy atom. The van der Waals surface area contributed by atoms with Gasteiger partial charge in [0.2, 0.25) is 0 Å². The van der Waals surface area contributed by atoms with E-state index in [1.54, 1.807) is 6.33 Å². The van der Waals surface area contributed by atoms with Crippen LogP contribution in [0, 0.1) is 12.8 Å². The number of benzene rings is 1. The maximum atomic E-state index is 5.97. The third-order valence-corrected chi connectivity index (χ3v) is 7.46. The van der Waals surface area contributed by atoms with Crippen LogP contribution in [0.4, 0.5) is 0 Å². The van der Waals surface area contributed by atoms with Crippen LogP contribution in [0.1, 0.15) is 69.7 Å². The van der Waals surface area contributed by atoms with Crippen molar-refractivity contribution < 1.29 is 9.47 Å². The number of hydrogen-bond donors (Lipinski definition) is 0. The summed E-state index contributed by atoms with van der Waals surface area (Å²) in [5.41, 5.74) is 4.34. The lowest BCUT2D eigenvalue weighted by Gasteiger charge is -2.39. The first-order chi connectivity index (χ1) is 16.5. The zero-order valence-corrected chi connectivity index (χ0v) is 20.7. The lowest BCUT2D eigenvalue weighted by Crippen LogP contribution is -2.44. The minimum absolute atomic E-state index is 0.0240. The van der Waals surface area contributed by atoms with Gasteiger partial charge in [-0.15, -0.1) is 10.2 Å². The van der Waals surface area contributed by atoms with Gasteiger partial charge in [0.1, 0.15) is 12.6 Å². The molecule has 2 fully saturated rings. The number of aryl methyl sites for hydroxylation is 1. The van der Waals surface area contributed by atoms with E-state index in [-0.39, 0.29) is 11.8 Å². The molecule has 0 N–H and O–H groups in total. The van der Waals surface area contributed by atoms with Crippen LogP contribution in [0.2, 0.25) is 0 Å². The van der Waals surface area contributed by atoms with E-state index in [4.69, 9.17) is 14.5 Å². The quantitative estimate of drug-likeness (QED) is 0.587. The molecule has 0 saturated carbocycles. The maximum absolute atomic E-state index is 5.97. The van der Waals surface area contributed by atoms with Crippen molar-refractivity contribution >= 4 is 11.9 Å². The minimum Gasteiger partial charge on any atom is -0.381 e. The molecule has 0 bridgehead atoms. The molecule has 0 radical (unpaired) electrons. The van der Waals surface area contributed by atoms with Crippen LogP contribution < -0.4 is 0 Å². The second-order valence-electron chi connectivity index (χ2n) is 10.4. The first-order valence-electron chi connectivity index (χ1n) is 12.8. The maximum Gasteiger partial charge on any atom is 0.165 e. The van der Waals surface area contributed by atoms with Gasteiger partial charge in [-0.25, -0.2) is 0 Å². The van der Waals surface area contributed by atoms with Gasteiger partial charge in [0.15, 0.2) is 5.82 Å². The average molecular weight is 464 g/mol. The highest BCUT2D eigenvalue weighted by atomic mass is 16.5. The molecule has 0 amide bonds. The van der Waals surface area contributed by atoms with Crippen molar-refractivity contribution in [2.45, 2.75) is 71.1 Å². The fourth-order valence-electron chi connectivity index (χ4n) is 5.19. The van der Waals surface area contributed by atoms with Gasteiger partial charge in [-0.05, 0) is 76.8 Å². The molecule has 0 spiro atoms. The van der Waals surface area contributed by atoms with E-state index in [1.807, 2.05) is 0 Å². The molecule has 1 aromatic heterocycles. The van der Waals surface area contributed by atoms with Crippen molar-refractivity contribution in [3.63, 3.8) is 0 Å². The van der Waals surface area contributed by atoms with E-state index in [0.717, 1.165) is 67.8 Å². The highest BCUT2D eigenvalue weighted by Crippen LogP contribution is 2.32. The highest BCUT2D eigenvalue weighted by Gasteiger charge is 2.28. The number of aromatic nitrogens is 3. The number of hydrogen-bond acceptors (Lipinski definition) is 6. The fourth-order valence-corrected chi connectivity index (χ4v) is 5.19. The molecule has 7 nitrogen and oxygen atoms in total. The van der Waals surface area contributed by atoms with Crippen molar-refractivity contribution in [3.05, 3.63) is 41.9 Å². The molecule has 1 atom stereocenters. The van der Waals surface area contributed by atoms with Crippen molar-refractivity contribution in [2.75, 3.05) is 26.4 Å². The minimum atomic E-state index is -0.0844. The van der Waals surface area contributed by atoms with Gasteiger partial charge in [-0.1, -0.05) is 12.1 Å². The predicted molar refractivity (Wildman–Crippen MR) is 134 cm³/mol. The van der Waals surface area contributed by atoms with Crippen LogP contribution in [0.3, 0.4) is 0 Å². The van der Waals surface area contributed by atoms with Gasteiger partial charge in [0, 0.05) is 49.9 Å². The Hall–Kier alpha value is -2.51. The van der Waals surface area contributed by atoms with Crippen LogP contribution in [-0.2, 0) is 9.47 Å². The van der Waals surface area contributed by atoms with Crippen LogP contribution >= 0.6 is 0 Å². The van der Waals surface area contributed by atoms with E-state index >= 15 is 0 Å². The second-order valence-corrected chi connectivity index (χ2v) is 10.4. The van der Waals surface area contributed by atoms with Crippen molar-refractivity contribution in [1.82, 2.24) is 19.7 Å². The highest BCUT2D eigenvalue weighted by molar-refractivity contribution is 5.83. The topological polar surface area (TPSA) is 64.8 Å². The predicted octanol–water partition coefficient (Wildman–Crippen LogP) is 5.23. The van der Waals surface area contributed by atoms with Crippen molar-refractivity contribution in [1.29, 1.82) is 0 Å². The molecule has 4 heterocycles. The zero-order valence-electron chi connectivity index (χ0n) is 20.7. The molecule has 0 aliphatic carbocycles. The Balaban J connectivity index is 1.35. The molecule has 182 valence electrons. The summed E-state index contributed by atoms with van der Waals surface area (Å²) < 4.78 is 13.6. The number of aliphatic imine (C=N–C) groups is 1. The van der Waals surface area contributed by atoms with Crippen molar-refractivity contribution in [2.24, 2.45) is 10.9 Å². The first kappa shape index (κ1) is 23.2. The summed E-state index contributed by atoms with van der Waals surface area (Å²) in [6.07, 6.45) is 13.0. The van der Waals surface area contributed by atoms with E-state index in [1.165, 1.54) is 31.2 Å². The standard InChI is InChI=1S/C27H37N5O2/c1-20-16-22(26-30-29-19-32(26)25-6-4-5-13-34-25)7-8-23(20)24-17-31(27(2,3)18-28-24)12-9-21-10-14-33-15-11-21/h7-8,16-19,21,25H,4-6,9-15H2,1-3H3. The molecule has 34 heavy (non-hydrogen) atoms. The van der Waals surface area contributed by atoms with Gasteiger partial charge in [-0.3, -0.25) is 9.56 Å². The normalized spacial score (nSPS) is 23.2. The Morgan fingerprint density at radius 3 is 2.71 bits per heavy atom. The summed E-state index contributed by atoms with van der Waals surface area (Å²) in [5.74, 6) is 1.62. The van der Waals surface area contributed by atoms with Crippen LogP contribution in [0.5, 0.6) is 0 Å².